The number of hydrogen-bond acceptors (Lipinski definition) is 3. The van der Waals surface area contributed by atoms with Crippen LogP contribution in [0.4, 0.5) is 0 Å². The third kappa shape index (κ3) is 2.00. The molecule has 1 aliphatic carbocycles. The second kappa shape index (κ2) is 4.61. The first-order valence-corrected chi connectivity index (χ1v) is 6.95. The molecule has 3 rings (SSSR count). The van der Waals surface area contributed by atoms with E-state index in [1.54, 1.807) is 4.90 Å². The van der Waals surface area contributed by atoms with Gasteiger partial charge in [0.25, 0.3) is 5.91 Å². The Morgan fingerprint density at radius 3 is 2.76 bits per heavy atom. The highest BCUT2D eigenvalue weighted by molar-refractivity contribution is 5.98. The minimum absolute atomic E-state index is 0.0181. The van der Waals surface area contributed by atoms with Gasteiger partial charge in [0.05, 0.1) is 11.0 Å². The maximum absolute atomic E-state index is 12.4. The van der Waals surface area contributed by atoms with Gasteiger partial charge in [0.15, 0.2) is 0 Å². The predicted octanol–water partition coefficient (Wildman–Crippen LogP) is 0.440. The molecule has 1 saturated carbocycles. The Balaban J connectivity index is 1.81. The molecule has 1 aromatic heterocycles. The number of nitrogens with two attached hydrogens (primary N) is 1. The van der Waals surface area contributed by atoms with Crippen LogP contribution in [0.1, 0.15) is 40.1 Å². The fourth-order valence-electron chi connectivity index (χ4n) is 3.62. The molecule has 7 nitrogen and oxygen atoms in total. The van der Waals surface area contributed by atoms with Gasteiger partial charge in [0.1, 0.15) is 5.69 Å². The zero-order valence-electron chi connectivity index (χ0n) is 11.5. The number of carbonyl (C=O) groups excluding carboxylic acids is 2. The largest absolute Gasteiger partial charge is 0.481 e. The SMILES string of the molecule is NC(=O)c1c[nH]c(C(=O)N2C[C@@H]3CCC[C@@]3(C(=O)O)C2)c1. The Bertz CT molecular complexity index is 623. The van der Waals surface area contributed by atoms with Crippen LogP contribution >= 0.6 is 0 Å². The molecule has 2 fully saturated rings. The van der Waals surface area contributed by atoms with Gasteiger partial charge in [-0.1, -0.05) is 6.42 Å². The molecule has 1 saturated heterocycles. The number of carboxylic acids is 1. The lowest BCUT2D eigenvalue weighted by atomic mass is 9.81. The number of aromatic amines is 1. The monoisotopic (exact) mass is 291 g/mol. The molecule has 2 amide bonds. The van der Waals surface area contributed by atoms with E-state index in [0.717, 1.165) is 12.8 Å². The van der Waals surface area contributed by atoms with Gasteiger partial charge >= 0.3 is 5.97 Å². The van der Waals surface area contributed by atoms with E-state index in [1.807, 2.05) is 0 Å². The number of aromatic nitrogens is 1. The molecule has 0 radical (unpaired) electrons. The van der Waals surface area contributed by atoms with E-state index in [-0.39, 0.29) is 29.6 Å². The van der Waals surface area contributed by atoms with Crippen molar-refractivity contribution in [3.63, 3.8) is 0 Å². The van der Waals surface area contributed by atoms with Crippen molar-refractivity contribution in [1.82, 2.24) is 9.88 Å². The normalized spacial score (nSPS) is 27.6. The molecule has 21 heavy (non-hydrogen) atoms. The highest BCUT2D eigenvalue weighted by atomic mass is 16.4. The summed E-state index contributed by atoms with van der Waals surface area (Å²) < 4.78 is 0. The second-order valence-corrected chi connectivity index (χ2v) is 5.90. The number of rotatable bonds is 3. The summed E-state index contributed by atoms with van der Waals surface area (Å²) in [5, 5.41) is 9.51. The van der Waals surface area contributed by atoms with Gasteiger partial charge in [0.2, 0.25) is 5.91 Å². The molecule has 0 spiro atoms. The number of primary amides is 1. The van der Waals surface area contributed by atoms with E-state index < -0.39 is 17.3 Å². The average molecular weight is 291 g/mol. The number of aliphatic carboxylic acids is 1. The van der Waals surface area contributed by atoms with Crippen LogP contribution in [0.2, 0.25) is 0 Å². The molecule has 1 aromatic rings. The van der Waals surface area contributed by atoms with E-state index in [9.17, 15) is 19.5 Å². The minimum atomic E-state index is -0.815. The van der Waals surface area contributed by atoms with Crippen molar-refractivity contribution in [1.29, 1.82) is 0 Å². The lowest BCUT2D eigenvalue weighted by molar-refractivity contribution is -0.149. The number of amides is 2. The number of hydrogen-bond donors (Lipinski definition) is 3. The van der Waals surface area contributed by atoms with Gasteiger partial charge in [-0.3, -0.25) is 14.4 Å². The molecular weight excluding hydrogens is 274 g/mol. The van der Waals surface area contributed by atoms with Crippen molar-refractivity contribution in [3.05, 3.63) is 23.5 Å². The Kier molecular flexibility index (Phi) is 3.00. The first-order chi connectivity index (χ1) is 9.94. The molecule has 1 aliphatic heterocycles. The number of nitrogens with one attached hydrogen (secondary N) is 1. The zero-order valence-corrected chi connectivity index (χ0v) is 11.5. The highest BCUT2D eigenvalue weighted by Gasteiger charge is 2.55. The Labute approximate surface area is 121 Å². The lowest BCUT2D eigenvalue weighted by Gasteiger charge is -2.23. The van der Waals surface area contributed by atoms with Crippen molar-refractivity contribution < 1.29 is 19.5 Å². The highest BCUT2D eigenvalue weighted by Crippen LogP contribution is 2.49. The number of carbonyl (C=O) groups is 3. The van der Waals surface area contributed by atoms with Gasteiger partial charge < -0.3 is 20.7 Å². The summed E-state index contributed by atoms with van der Waals surface area (Å²) in [6.07, 6.45) is 3.74. The molecule has 0 unspecified atom stereocenters. The number of fused-ring (bicyclic) bond motifs is 1. The van der Waals surface area contributed by atoms with Crippen molar-refractivity contribution in [2.75, 3.05) is 13.1 Å². The van der Waals surface area contributed by atoms with Gasteiger partial charge in [-0.25, -0.2) is 0 Å². The third-order valence-electron chi connectivity index (χ3n) is 4.78. The molecule has 0 bridgehead atoms. The van der Waals surface area contributed by atoms with Crippen molar-refractivity contribution >= 4 is 17.8 Å². The van der Waals surface area contributed by atoms with Gasteiger partial charge in [-0.05, 0) is 24.8 Å². The van der Waals surface area contributed by atoms with Crippen molar-refractivity contribution in [2.45, 2.75) is 19.3 Å². The molecular formula is C14H17N3O4. The Morgan fingerprint density at radius 2 is 2.19 bits per heavy atom. The summed E-state index contributed by atoms with van der Waals surface area (Å²) in [6.45, 7) is 0.687. The summed E-state index contributed by atoms with van der Waals surface area (Å²) in [4.78, 5) is 39.4. The van der Waals surface area contributed by atoms with Crippen LogP contribution in [0.25, 0.3) is 0 Å². The van der Waals surface area contributed by atoms with Gasteiger partial charge in [-0.15, -0.1) is 0 Å². The first kappa shape index (κ1) is 13.7. The van der Waals surface area contributed by atoms with Crippen molar-refractivity contribution in [3.8, 4) is 0 Å². The second-order valence-electron chi connectivity index (χ2n) is 5.90. The van der Waals surface area contributed by atoms with Crippen LogP contribution in [0.5, 0.6) is 0 Å². The van der Waals surface area contributed by atoms with Crippen LogP contribution < -0.4 is 5.73 Å². The first-order valence-electron chi connectivity index (χ1n) is 6.95. The molecule has 2 atom stereocenters. The van der Waals surface area contributed by atoms with E-state index in [4.69, 9.17) is 5.73 Å². The predicted molar refractivity (Wildman–Crippen MR) is 72.6 cm³/mol. The number of H-pyrrole nitrogens is 1. The lowest BCUT2D eigenvalue weighted by Crippen LogP contribution is -2.37. The fourth-order valence-corrected chi connectivity index (χ4v) is 3.62. The molecule has 0 aromatic carbocycles. The topological polar surface area (TPSA) is 116 Å². The van der Waals surface area contributed by atoms with E-state index >= 15 is 0 Å². The van der Waals surface area contributed by atoms with E-state index in [1.165, 1.54) is 12.3 Å². The van der Waals surface area contributed by atoms with Crippen LogP contribution in [0, 0.1) is 11.3 Å². The Hall–Kier alpha value is -2.31. The maximum atomic E-state index is 12.4. The molecule has 7 heteroatoms. The smallest absolute Gasteiger partial charge is 0.311 e. The van der Waals surface area contributed by atoms with E-state index in [0.29, 0.717) is 13.0 Å². The van der Waals surface area contributed by atoms with Crippen LogP contribution in [-0.4, -0.2) is 45.9 Å². The molecule has 2 heterocycles. The Morgan fingerprint density at radius 1 is 1.43 bits per heavy atom. The summed E-state index contributed by atoms with van der Waals surface area (Å²) in [5.41, 5.74) is 4.87. The quantitative estimate of drug-likeness (QED) is 0.749. The van der Waals surface area contributed by atoms with Crippen molar-refractivity contribution in [2.24, 2.45) is 17.1 Å². The summed E-state index contributed by atoms with van der Waals surface area (Å²) >= 11 is 0. The third-order valence-corrected chi connectivity index (χ3v) is 4.78. The van der Waals surface area contributed by atoms with E-state index in [2.05, 4.69) is 4.98 Å². The summed E-state index contributed by atoms with van der Waals surface area (Å²) in [5.74, 6) is -1.68. The number of carboxylic acid groups (broad SMARTS) is 1. The maximum Gasteiger partial charge on any atom is 0.311 e. The molecule has 112 valence electrons. The molecule has 4 N–H and O–H groups in total. The number of likely N-dealkylation sites (tertiary alicyclic amines) is 1. The average Bonchev–Trinajstić information content (AvgIpc) is 3.11. The summed E-state index contributed by atoms with van der Waals surface area (Å²) in [7, 11) is 0. The van der Waals surface area contributed by atoms with Gasteiger partial charge in [-0.2, -0.15) is 0 Å². The fraction of sp³-hybridized carbons (Fsp3) is 0.500. The standard InChI is InChI=1S/C14H17N3O4/c15-11(18)8-4-10(16-5-8)12(19)17-6-9-2-1-3-14(9,7-17)13(20)21/h4-5,9,16H,1-3,6-7H2,(H2,15,18)(H,20,21)/t9-,14+/m0/s1. The summed E-state index contributed by atoms with van der Waals surface area (Å²) in [6, 6.07) is 1.41. The van der Waals surface area contributed by atoms with Crippen LogP contribution in [0.3, 0.4) is 0 Å². The van der Waals surface area contributed by atoms with Crippen LogP contribution in [-0.2, 0) is 4.79 Å². The van der Waals surface area contributed by atoms with Gasteiger partial charge in [0, 0.05) is 19.3 Å². The zero-order chi connectivity index (χ0) is 15.2. The molecule has 2 aliphatic rings. The minimum Gasteiger partial charge on any atom is -0.481 e. The van der Waals surface area contributed by atoms with Crippen LogP contribution in [0.15, 0.2) is 12.3 Å². The number of nitrogens with zero attached hydrogens (tertiary/aromatic N) is 1.